The van der Waals surface area contributed by atoms with Gasteiger partial charge in [0.15, 0.2) is 5.76 Å². The highest BCUT2D eigenvalue weighted by atomic mass is 16.3. The molecule has 1 amide bonds. The van der Waals surface area contributed by atoms with Crippen LogP contribution in [0.4, 0.5) is 11.4 Å². The van der Waals surface area contributed by atoms with Crippen molar-refractivity contribution in [1.29, 1.82) is 0 Å². The van der Waals surface area contributed by atoms with Gasteiger partial charge in [-0.25, -0.2) is 0 Å². The molecule has 0 aliphatic carbocycles. The number of amides is 1. The highest BCUT2D eigenvalue weighted by Gasteiger charge is 2.09. The number of furan rings is 1. The van der Waals surface area contributed by atoms with E-state index in [4.69, 9.17) is 4.42 Å². The number of hydrogen-bond acceptors (Lipinski definition) is 3. The molecule has 0 saturated heterocycles. The molecule has 1 heterocycles. The average molecular weight is 244 g/mol. The van der Waals surface area contributed by atoms with Gasteiger partial charge >= 0.3 is 0 Å². The first-order valence-corrected chi connectivity index (χ1v) is 5.71. The average Bonchev–Trinajstić information content (AvgIpc) is 2.85. The molecule has 4 nitrogen and oxygen atoms in total. The van der Waals surface area contributed by atoms with Crippen LogP contribution in [0, 0.1) is 6.92 Å². The van der Waals surface area contributed by atoms with Crippen LogP contribution in [-0.4, -0.2) is 20.0 Å². The smallest absolute Gasteiger partial charge is 0.291 e. The minimum absolute atomic E-state index is 0.242. The van der Waals surface area contributed by atoms with Crippen molar-refractivity contribution in [3.05, 3.63) is 47.9 Å². The molecular weight excluding hydrogens is 228 g/mol. The molecule has 1 N–H and O–H groups in total. The van der Waals surface area contributed by atoms with Gasteiger partial charge in [-0.3, -0.25) is 4.79 Å². The molecular formula is C14H16N2O2. The zero-order valence-electron chi connectivity index (χ0n) is 10.7. The summed E-state index contributed by atoms with van der Waals surface area (Å²) in [6.45, 7) is 2.04. The topological polar surface area (TPSA) is 45.5 Å². The Morgan fingerprint density at radius 1 is 1.28 bits per heavy atom. The van der Waals surface area contributed by atoms with E-state index in [2.05, 4.69) is 5.32 Å². The lowest BCUT2D eigenvalue weighted by molar-refractivity contribution is 0.0996. The number of carbonyl (C=O) groups is 1. The third kappa shape index (κ3) is 2.53. The van der Waals surface area contributed by atoms with Crippen molar-refractivity contribution in [2.75, 3.05) is 24.3 Å². The number of anilines is 2. The number of hydrogen-bond donors (Lipinski definition) is 1. The first kappa shape index (κ1) is 12.2. The van der Waals surface area contributed by atoms with Crippen LogP contribution in [0.2, 0.25) is 0 Å². The largest absolute Gasteiger partial charge is 0.459 e. The van der Waals surface area contributed by atoms with Gasteiger partial charge in [0, 0.05) is 25.5 Å². The summed E-state index contributed by atoms with van der Waals surface area (Å²) < 4.78 is 5.05. The van der Waals surface area contributed by atoms with Crippen molar-refractivity contribution in [2.45, 2.75) is 6.92 Å². The van der Waals surface area contributed by atoms with E-state index < -0.39 is 0 Å². The van der Waals surface area contributed by atoms with E-state index in [1.165, 1.54) is 6.26 Å². The van der Waals surface area contributed by atoms with Crippen LogP contribution >= 0.6 is 0 Å². The van der Waals surface area contributed by atoms with Gasteiger partial charge in [0.25, 0.3) is 5.91 Å². The molecule has 0 saturated carbocycles. The molecule has 0 aliphatic heterocycles. The molecule has 4 heteroatoms. The third-order valence-electron chi connectivity index (χ3n) is 2.69. The molecule has 2 aromatic rings. The summed E-state index contributed by atoms with van der Waals surface area (Å²) in [6, 6.07) is 9.12. The van der Waals surface area contributed by atoms with E-state index in [0.717, 1.165) is 16.9 Å². The Hall–Kier alpha value is -2.23. The number of aryl methyl sites for hydroxylation is 1. The molecule has 0 aliphatic rings. The van der Waals surface area contributed by atoms with Crippen LogP contribution in [0.3, 0.4) is 0 Å². The number of nitrogens with one attached hydrogen (secondary N) is 1. The van der Waals surface area contributed by atoms with Crippen molar-refractivity contribution in [2.24, 2.45) is 0 Å². The second-order valence-electron chi connectivity index (χ2n) is 4.33. The summed E-state index contributed by atoms with van der Waals surface area (Å²) in [6.07, 6.45) is 1.48. The maximum absolute atomic E-state index is 11.8. The fourth-order valence-electron chi connectivity index (χ4n) is 1.77. The normalized spacial score (nSPS) is 10.2. The van der Waals surface area contributed by atoms with E-state index in [-0.39, 0.29) is 5.91 Å². The highest BCUT2D eigenvalue weighted by Crippen LogP contribution is 2.22. The number of rotatable bonds is 3. The SMILES string of the molecule is Cc1ccc(NC(=O)c2ccco2)cc1N(C)C. The molecule has 1 aromatic heterocycles. The van der Waals surface area contributed by atoms with Gasteiger partial charge in [-0.1, -0.05) is 6.07 Å². The van der Waals surface area contributed by atoms with Crippen molar-refractivity contribution in [3.63, 3.8) is 0 Å². The maximum atomic E-state index is 11.8. The van der Waals surface area contributed by atoms with E-state index in [9.17, 15) is 4.79 Å². The van der Waals surface area contributed by atoms with Gasteiger partial charge in [-0.05, 0) is 36.8 Å². The van der Waals surface area contributed by atoms with E-state index in [0.29, 0.717) is 5.76 Å². The van der Waals surface area contributed by atoms with Gasteiger partial charge < -0.3 is 14.6 Å². The van der Waals surface area contributed by atoms with Gasteiger partial charge in [-0.2, -0.15) is 0 Å². The Balaban J connectivity index is 2.20. The maximum Gasteiger partial charge on any atom is 0.291 e. The Kier molecular flexibility index (Phi) is 3.37. The van der Waals surface area contributed by atoms with Crippen LogP contribution in [0.1, 0.15) is 16.1 Å². The zero-order chi connectivity index (χ0) is 13.1. The standard InChI is InChI=1S/C14H16N2O2/c1-10-6-7-11(9-12(10)16(2)3)15-14(17)13-5-4-8-18-13/h4-9H,1-3H3,(H,15,17). The molecule has 0 spiro atoms. The van der Waals surface area contributed by atoms with Crippen LogP contribution in [0.5, 0.6) is 0 Å². The summed E-state index contributed by atoms with van der Waals surface area (Å²) in [4.78, 5) is 13.8. The van der Waals surface area contributed by atoms with Crippen molar-refractivity contribution in [1.82, 2.24) is 0 Å². The zero-order valence-corrected chi connectivity index (χ0v) is 10.7. The Bertz CT molecular complexity index is 545. The molecule has 94 valence electrons. The molecule has 0 radical (unpaired) electrons. The second-order valence-corrected chi connectivity index (χ2v) is 4.33. The van der Waals surface area contributed by atoms with Crippen molar-refractivity contribution < 1.29 is 9.21 Å². The first-order chi connectivity index (χ1) is 8.58. The Labute approximate surface area is 106 Å². The predicted molar refractivity (Wildman–Crippen MR) is 72.2 cm³/mol. The molecule has 0 fully saturated rings. The molecule has 18 heavy (non-hydrogen) atoms. The monoisotopic (exact) mass is 244 g/mol. The second kappa shape index (κ2) is 4.96. The molecule has 0 atom stereocenters. The molecule has 1 aromatic carbocycles. The highest BCUT2D eigenvalue weighted by molar-refractivity contribution is 6.02. The first-order valence-electron chi connectivity index (χ1n) is 5.71. The van der Waals surface area contributed by atoms with Gasteiger partial charge in [-0.15, -0.1) is 0 Å². The van der Waals surface area contributed by atoms with Crippen LogP contribution in [0.25, 0.3) is 0 Å². The molecule has 0 bridgehead atoms. The summed E-state index contributed by atoms with van der Waals surface area (Å²) in [5, 5.41) is 2.81. The van der Waals surface area contributed by atoms with Gasteiger partial charge in [0.05, 0.1) is 6.26 Å². The van der Waals surface area contributed by atoms with Crippen molar-refractivity contribution in [3.8, 4) is 0 Å². The van der Waals surface area contributed by atoms with Gasteiger partial charge in [0.2, 0.25) is 0 Å². The lowest BCUT2D eigenvalue weighted by Gasteiger charge is -2.17. The summed E-state index contributed by atoms with van der Waals surface area (Å²) in [5.41, 5.74) is 2.99. The summed E-state index contributed by atoms with van der Waals surface area (Å²) in [7, 11) is 3.95. The van der Waals surface area contributed by atoms with Crippen LogP contribution in [0.15, 0.2) is 41.0 Å². The fourth-order valence-corrected chi connectivity index (χ4v) is 1.77. The number of carbonyl (C=O) groups excluding carboxylic acids is 1. The quantitative estimate of drug-likeness (QED) is 0.903. The third-order valence-corrected chi connectivity index (χ3v) is 2.69. The van der Waals surface area contributed by atoms with Crippen LogP contribution < -0.4 is 10.2 Å². The van der Waals surface area contributed by atoms with Crippen molar-refractivity contribution >= 4 is 17.3 Å². The van der Waals surface area contributed by atoms with E-state index in [1.807, 2.05) is 44.1 Å². The summed E-state index contributed by atoms with van der Waals surface area (Å²) in [5.74, 6) is 0.0653. The van der Waals surface area contributed by atoms with Gasteiger partial charge in [0.1, 0.15) is 0 Å². The van der Waals surface area contributed by atoms with E-state index in [1.54, 1.807) is 12.1 Å². The van der Waals surface area contributed by atoms with E-state index >= 15 is 0 Å². The fraction of sp³-hybridized carbons (Fsp3) is 0.214. The lowest BCUT2D eigenvalue weighted by atomic mass is 10.1. The molecule has 2 rings (SSSR count). The summed E-state index contributed by atoms with van der Waals surface area (Å²) >= 11 is 0. The predicted octanol–water partition coefficient (Wildman–Crippen LogP) is 2.91. The minimum Gasteiger partial charge on any atom is -0.459 e. The number of nitrogens with zero attached hydrogens (tertiary/aromatic N) is 1. The minimum atomic E-state index is -0.242. The Morgan fingerprint density at radius 3 is 2.67 bits per heavy atom. The molecule has 0 unspecified atom stereocenters. The van der Waals surface area contributed by atoms with Crippen LogP contribution in [-0.2, 0) is 0 Å². The Morgan fingerprint density at radius 2 is 2.06 bits per heavy atom. The number of benzene rings is 1. The lowest BCUT2D eigenvalue weighted by Crippen LogP contribution is -2.13.